The van der Waals surface area contributed by atoms with Gasteiger partial charge in [-0.15, -0.1) is 0 Å². The molecule has 116 valence electrons. The van der Waals surface area contributed by atoms with E-state index in [1.807, 2.05) is 24.3 Å². The van der Waals surface area contributed by atoms with Gasteiger partial charge in [-0.3, -0.25) is 0 Å². The highest BCUT2D eigenvalue weighted by molar-refractivity contribution is 5.29. The first kappa shape index (κ1) is 14.9. The second-order valence-electron chi connectivity index (χ2n) is 6.64. The van der Waals surface area contributed by atoms with Gasteiger partial charge >= 0.3 is 0 Å². The van der Waals surface area contributed by atoms with Crippen molar-refractivity contribution in [1.82, 2.24) is 4.90 Å². The van der Waals surface area contributed by atoms with Crippen LogP contribution in [-0.2, 0) is 0 Å². The zero-order chi connectivity index (χ0) is 14.8. The van der Waals surface area contributed by atoms with Crippen molar-refractivity contribution in [3.05, 3.63) is 29.8 Å². The maximum absolute atomic E-state index is 10.7. The first-order valence-corrected chi connectivity index (χ1v) is 8.31. The summed E-state index contributed by atoms with van der Waals surface area (Å²) in [5, 5.41) is 10.7. The lowest BCUT2D eigenvalue weighted by Gasteiger charge is -2.38. The molecule has 2 aliphatic heterocycles. The van der Waals surface area contributed by atoms with Gasteiger partial charge in [-0.05, 0) is 62.8 Å². The predicted octanol–water partition coefficient (Wildman–Crippen LogP) is 3.38. The van der Waals surface area contributed by atoms with Gasteiger partial charge in [-0.2, -0.15) is 0 Å². The second-order valence-corrected chi connectivity index (χ2v) is 6.64. The quantitative estimate of drug-likeness (QED) is 0.902. The lowest BCUT2D eigenvalue weighted by molar-refractivity contribution is 0.0356. The van der Waals surface area contributed by atoms with E-state index in [4.69, 9.17) is 4.74 Å². The molecular formula is C18H27NO2. The molecule has 0 radical (unpaired) electrons. The third-order valence-electron chi connectivity index (χ3n) is 5.28. The molecule has 1 aromatic carbocycles. The number of ether oxygens (including phenoxy) is 1. The summed E-state index contributed by atoms with van der Waals surface area (Å²) in [5.74, 6) is 1.30. The van der Waals surface area contributed by atoms with Crippen LogP contribution in [0.3, 0.4) is 0 Å². The van der Waals surface area contributed by atoms with Crippen LogP contribution >= 0.6 is 0 Å². The number of aliphatic hydroxyl groups excluding tert-OH is 1. The molecule has 2 aliphatic rings. The van der Waals surface area contributed by atoms with Crippen molar-refractivity contribution in [3.63, 3.8) is 0 Å². The number of nitrogens with zero attached hydrogens (tertiary/aromatic N) is 1. The molecule has 0 aromatic heterocycles. The minimum absolute atomic E-state index is 0.331. The number of fused-ring (bicyclic) bond motifs is 2. The lowest BCUT2D eigenvalue weighted by atomic mass is 9.84. The highest BCUT2D eigenvalue weighted by Gasteiger charge is 2.40. The molecule has 0 aliphatic carbocycles. The maximum atomic E-state index is 10.7. The van der Waals surface area contributed by atoms with Crippen LogP contribution in [0.2, 0.25) is 0 Å². The molecule has 3 nitrogen and oxygen atoms in total. The van der Waals surface area contributed by atoms with Crippen LogP contribution in [0.25, 0.3) is 0 Å². The van der Waals surface area contributed by atoms with E-state index in [0.29, 0.717) is 18.0 Å². The molecule has 0 saturated carbocycles. The molecule has 0 amide bonds. The van der Waals surface area contributed by atoms with Gasteiger partial charge in [0.25, 0.3) is 0 Å². The fourth-order valence-corrected chi connectivity index (χ4v) is 3.96. The third kappa shape index (κ3) is 3.09. The van der Waals surface area contributed by atoms with Crippen molar-refractivity contribution in [1.29, 1.82) is 0 Å². The van der Waals surface area contributed by atoms with Gasteiger partial charge in [0.05, 0.1) is 12.7 Å². The standard InChI is InChI=1S/C18H27NO2/c1-3-10-21-17-8-4-13(5-9-17)18(20)14-11-15-6-7-16(12-14)19(15)2/h4-5,8-9,14-16,18,20H,3,6-7,10-12H2,1-2H3. The third-order valence-corrected chi connectivity index (χ3v) is 5.28. The molecule has 3 rings (SSSR count). The summed E-state index contributed by atoms with van der Waals surface area (Å²) in [5.41, 5.74) is 1.04. The molecule has 21 heavy (non-hydrogen) atoms. The minimum atomic E-state index is -0.331. The molecule has 1 N–H and O–H groups in total. The first-order valence-electron chi connectivity index (χ1n) is 8.31. The van der Waals surface area contributed by atoms with Crippen LogP contribution in [0.5, 0.6) is 5.75 Å². The number of rotatable bonds is 5. The zero-order valence-corrected chi connectivity index (χ0v) is 13.2. The number of hydrogen-bond acceptors (Lipinski definition) is 3. The van der Waals surface area contributed by atoms with Crippen molar-refractivity contribution in [2.24, 2.45) is 5.92 Å². The van der Waals surface area contributed by atoms with Gasteiger partial charge in [0.1, 0.15) is 5.75 Å². The summed E-state index contributed by atoms with van der Waals surface area (Å²) in [7, 11) is 2.24. The largest absolute Gasteiger partial charge is 0.494 e. The van der Waals surface area contributed by atoms with Gasteiger partial charge in [-0.25, -0.2) is 0 Å². The van der Waals surface area contributed by atoms with Crippen molar-refractivity contribution in [2.45, 2.75) is 57.2 Å². The Morgan fingerprint density at radius 3 is 2.38 bits per heavy atom. The number of piperidine rings is 1. The van der Waals surface area contributed by atoms with Gasteiger partial charge in [-0.1, -0.05) is 19.1 Å². The first-order chi connectivity index (χ1) is 10.2. The SMILES string of the molecule is CCCOc1ccc(C(O)C2CC3CCC(C2)N3C)cc1. The Hall–Kier alpha value is -1.06. The molecule has 2 heterocycles. The van der Waals surface area contributed by atoms with Crippen molar-refractivity contribution in [2.75, 3.05) is 13.7 Å². The van der Waals surface area contributed by atoms with Gasteiger partial charge in [0.2, 0.25) is 0 Å². The fourth-order valence-electron chi connectivity index (χ4n) is 3.96. The number of hydrogen-bond donors (Lipinski definition) is 1. The zero-order valence-electron chi connectivity index (χ0n) is 13.2. The minimum Gasteiger partial charge on any atom is -0.494 e. The van der Waals surface area contributed by atoms with Crippen molar-refractivity contribution < 1.29 is 9.84 Å². The lowest BCUT2D eigenvalue weighted by Crippen LogP contribution is -2.41. The Kier molecular flexibility index (Phi) is 4.51. The molecule has 2 saturated heterocycles. The van der Waals surface area contributed by atoms with E-state index < -0.39 is 0 Å². The highest BCUT2D eigenvalue weighted by atomic mass is 16.5. The summed E-state index contributed by atoms with van der Waals surface area (Å²) >= 11 is 0. The summed E-state index contributed by atoms with van der Waals surface area (Å²) in [4.78, 5) is 2.52. The van der Waals surface area contributed by atoms with E-state index in [-0.39, 0.29) is 6.10 Å². The Labute approximate surface area is 127 Å². The predicted molar refractivity (Wildman–Crippen MR) is 84.5 cm³/mol. The van der Waals surface area contributed by atoms with Crippen molar-refractivity contribution in [3.8, 4) is 5.75 Å². The van der Waals surface area contributed by atoms with Gasteiger partial charge < -0.3 is 14.7 Å². The van der Waals surface area contributed by atoms with Crippen LogP contribution in [-0.4, -0.2) is 35.7 Å². The van der Waals surface area contributed by atoms with Crippen LogP contribution in [0.15, 0.2) is 24.3 Å². The molecule has 2 fully saturated rings. The fraction of sp³-hybridized carbons (Fsp3) is 0.667. The van der Waals surface area contributed by atoms with E-state index in [1.54, 1.807) is 0 Å². The molecule has 3 heteroatoms. The van der Waals surface area contributed by atoms with E-state index in [9.17, 15) is 5.11 Å². The second kappa shape index (κ2) is 6.37. The van der Waals surface area contributed by atoms with Gasteiger partial charge in [0, 0.05) is 12.1 Å². The Morgan fingerprint density at radius 1 is 1.19 bits per heavy atom. The highest BCUT2D eigenvalue weighted by Crippen LogP contribution is 2.42. The Morgan fingerprint density at radius 2 is 1.81 bits per heavy atom. The van der Waals surface area contributed by atoms with Crippen LogP contribution in [0.4, 0.5) is 0 Å². The summed E-state index contributed by atoms with van der Waals surface area (Å²) in [6.07, 6.45) is 5.54. The summed E-state index contributed by atoms with van der Waals surface area (Å²) in [6, 6.07) is 9.37. The molecular weight excluding hydrogens is 262 g/mol. The van der Waals surface area contributed by atoms with Gasteiger partial charge in [0.15, 0.2) is 0 Å². The van der Waals surface area contributed by atoms with Crippen molar-refractivity contribution >= 4 is 0 Å². The van der Waals surface area contributed by atoms with E-state index in [0.717, 1.165) is 37.2 Å². The molecule has 0 spiro atoms. The molecule has 3 atom stereocenters. The molecule has 3 unspecified atom stereocenters. The number of aliphatic hydroxyl groups is 1. The monoisotopic (exact) mass is 289 g/mol. The molecule has 1 aromatic rings. The normalized spacial score (nSPS) is 30.3. The average Bonchev–Trinajstić information content (AvgIpc) is 2.74. The summed E-state index contributed by atoms with van der Waals surface area (Å²) < 4.78 is 5.61. The van der Waals surface area contributed by atoms with E-state index >= 15 is 0 Å². The van der Waals surface area contributed by atoms with Crippen LogP contribution in [0.1, 0.15) is 50.7 Å². The van der Waals surface area contributed by atoms with E-state index in [2.05, 4.69) is 18.9 Å². The maximum Gasteiger partial charge on any atom is 0.119 e. The number of benzene rings is 1. The molecule has 2 bridgehead atoms. The van der Waals surface area contributed by atoms with Crippen LogP contribution < -0.4 is 4.74 Å². The smallest absolute Gasteiger partial charge is 0.119 e. The topological polar surface area (TPSA) is 32.7 Å². The van der Waals surface area contributed by atoms with Crippen LogP contribution in [0, 0.1) is 5.92 Å². The van der Waals surface area contributed by atoms with E-state index in [1.165, 1.54) is 12.8 Å². The Bertz CT molecular complexity index is 445. The Balaban J connectivity index is 1.64. The average molecular weight is 289 g/mol. The summed E-state index contributed by atoms with van der Waals surface area (Å²) in [6.45, 7) is 2.85.